The minimum atomic E-state index is -2.93. The van der Waals surface area contributed by atoms with Gasteiger partial charge in [0.1, 0.15) is 0 Å². The Hall–Kier alpha value is -2.89. The fraction of sp³-hybridized carbons (Fsp3) is 0.500. The molecule has 12 heteroatoms. The molecule has 0 aromatic carbocycles. The van der Waals surface area contributed by atoms with Crippen molar-refractivity contribution in [2.24, 2.45) is 5.92 Å². The number of hydrogen-bond donors (Lipinski definition) is 2. The van der Waals surface area contributed by atoms with Crippen molar-refractivity contribution in [2.45, 2.75) is 26.0 Å². The molecule has 1 saturated heterocycles. The van der Waals surface area contributed by atoms with E-state index in [9.17, 15) is 8.78 Å². The first-order chi connectivity index (χ1) is 12.7. The zero-order valence-corrected chi connectivity index (χ0v) is 13.6. The molecule has 0 atom stereocenters. The average molecular weight is 366 g/mol. The summed E-state index contributed by atoms with van der Waals surface area (Å²) in [7, 11) is 0. The molecule has 0 unspecified atom stereocenters. The number of aromatic nitrogens is 7. The number of fused-ring (bicyclic) bond motifs is 1. The molecule has 138 valence electrons. The van der Waals surface area contributed by atoms with Gasteiger partial charge in [0.15, 0.2) is 17.3 Å². The van der Waals surface area contributed by atoms with Crippen LogP contribution in [-0.2, 0) is 11.3 Å². The van der Waals surface area contributed by atoms with Gasteiger partial charge in [-0.1, -0.05) is 5.21 Å². The third-order valence-corrected chi connectivity index (χ3v) is 4.03. The molecule has 0 amide bonds. The maximum atomic E-state index is 12.2. The predicted octanol–water partition coefficient (Wildman–Crippen LogP) is 1.72. The number of hydrogen-bond acceptors (Lipinski definition) is 8. The number of alkyl halides is 2. The maximum Gasteiger partial charge on any atom is 0.388 e. The van der Waals surface area contributed by atoms with Gasteiger partial charge in [-0.3, -0.25) is 0 Å². The van der Waals surface area contributed by atoms with Gasteiger partial charge in [0.2, 0.25) is 11.5 Å². The van der Waals surface area contributed by atoms with Crippen LogP contribution >= 0.6 is 0 Å². The van der Waals surface area contributed by atoms with Gasteiger partial charge < -0.3 is 14.8 Å². The Morgan fingerprint density at radius 2 is 2.19 bits per heavy atom. The molecule has 0 spiro atoms. The van der Waals surface area contributed by atoms with Crippen molar-refractivity contribution in [3.05, 3.63) is 12.3 Å². The Morgan fingerprint density at radius 3 is 3.00 bits per heavy atom. The van der Waals surface area contributed by atoms with Crippen molar-refractivity contribution in [3.63, 3.8) is 0 Å². The topological polar surface area (TPSA) is 116 Å². The summed E-state index contributed by atoms with van der Waals surface area (Å²) >= 11 is 0. The minimum Gasteiger partial charge on any atom is -0.417 e. The Balaban J connectivity index is 1.51. The van der Waals surface area contributed by atoms with E-state index in [4.69, 9.17) is 4.74 Å². The molecule has 0 aliphatic carbocycles. The Labute approximate surface area is 145 Å². The van der Waals surface area contributed by atoms with E-state index in [0.717, 1.165) is 26.1 Å². The smallest absolute Gasteiger partial charge is 0.388 e. The molecular weight excluding hydrogens is 350 g/mol. The molecule has 2 N–H and O–H groups in total. The van der Waals surface area contributed by atoms with Gasteiger partial charge in [0.25, 0.3) is 0 Å². The van der Waals surface area contributed by atoms with E-state index >= 15 is 0 Å². The molecule has 1 aliphatic heterocycles. The third-order valence-electron chi connectivity index (χ3n) is 4.03. The molecule has 0 saturated carbocycles. The van der Waals surface area contributed by atoms with E-state index < -0.39 is 6.61 Å². The van der Waals surface area contributed by atoms with E-state index in [-0.39, 0.29) is 11.7 Å². The summed E-state index contributed by atoms with van der Waals surface area (Å²) < 4.78 is 35.7. The number of aromatic amines is 1. The summed E-state index contributed by atoms with van der Waals surface area (Å²) in [6.07, 6.45) is 3.40. The molecule has 3 aromatic heterocycles. The van der Waals surface area contributed by atoms with Crippen LogP contribution in [0.1, 0.15) is 12.8 Å². The van der Waals surface area contributed by atoms with E-state index in [1.807, 2.05) is 0 Å². The number of nitrogens with zero attached hydrogens (tertiary/aromatic N) is 6. The number of nitrogens with one attached hydrogen (secondary N) is 2. The van der Waals surface area contributed by atoms with Crippen molar-refractivity contribution < 1.29 is 18.3 Å². The first kappa shape index (κ1) is 16.6. The molecule has 3 aromatic rings. The molecule has 4 heterocycles. The van der Waals surface area contributed by atoms with Crippen molar-refractivity contribution >= 4 is 22.9 Å². The second-order valence-corrected chi connectivity index (χ2v) is 5.85. The molecule has 0 radical (unpaired) electrons. The van der Waals surface area contributed by atoms with Gasteiger partial charge in [-0.15, -0.1) is 5.10 Å². The lowest BCUT2D eigenvalue weighted by atomic mass is 10.0. The lowest BCUT2D eigenvalue weighted by Crippen LogP contribution is -2.21. The number of rotatable bonds is 6. The summed E-state index contributed by atoms with van der Waals surface area (Å²) in [5.74, 6) is 0.969. The Kier molecular flexibility index (Phi) is 4.56. The number of halogens is 2. The normalized spacial score (nSPS) is 15.7. The van der Waals surface area contributed by atoms with E-state index in [0.29, 0.717) is 29.6 Å². The van der Waals surface area contributed by atoms with Gasteiger partial charge in [-0.2, -0.15) is 13.9 Å². The minimum absolute atomic E-state index is 0.150. The molecule has 10 nitrogen and oxygen atoms in total. The largest absolute Gasteiger partial charge is 0.417 e. The summed E-state index contributed by atoms with van der Waals surface area (Å²) in [4.78, 5) is 8.67. The van der Waals surface area contributed by atoms with Crippen molar-refractivity contribution in [1.29, 1.82) is 0 Å². The van der Waals surface area contributed by atoms with Crippen molar-refractivity contribution in [3.8, 4) is 5.88 Å². The fourth-order valence-electron chi connectivity index (χ4n) is 2.77. The third kappa shape index (κ3) is 3.69. The van der Waals surface area contributed by atoms with E-state index in [1.165, 1.54) is 12.3 Å². The van der Waals surface area contributed by atoms with Crippen LogP contribution in [0, 0.1) is 5.92 Å². The average Bonchev–Trinajstić information content (AvgIpc) is 3.22. The first-order valence-corrected chi connectivity index (χ1v) is 8.08. The highest BCUT2D eigenvalue weighted by molar-refractivity contribution is 5.67. The van der Waals surface area contributed by atoms with Gasteiger partial charge in [0, 0.05) is 25.8 Å². The monoisotopic (exact) mass is 366 g/mol. The van der Waals surface area contributed by atoms with Crippen LogP contribution in [0.2, 0.25) is 0 Å². The van der Waals surface area contributed by atoms with Crippen LogP contribution in [-0.4, -0.2) is 55.0 Å². The highest BCUT2D eigenvalue weighted by Crippen LogP contribution is 2.21. The zero-order valence-electron chi connectivity index (χ0n) is 13.6. The second-order valence-electron chi connectivity index (χ2n) is 5.85. The van der Waals surface area contributed by atoms with Gasteiger partial charge >= 0.3 is 6.61 Å². The van der Waals surface area contributed by atoms with Gasteiger partial charge in [-0.25, -0.2) is 19.7 Å². The quantitative estimate of drug-likeness (QED) is 0.677. The lowest BCUT2D eigenvalue weighted by molar-refractivity contribution is -0.0528. The Morgan fingerprint density at radius 1 is 1.35 bits per heavy atom. The van der Waals surface area contributed by atoms with Crippen LogP contribution in [0.4, 0.5) is 20.4 Å². The lowest BCUT2D eigenvalue weighted by Gasteiger charge is -2.21. The number of anilines is 2. The van der Waals surface area contributed by atoms with Gasteiger partial charge in [-0.05, 0) is 18.8 Å². The van der Waals surface area contributed by atoms with Crippen LogP contribution in [0.25, 0.3) is 11.3 Å². The first-order valence-electron chi connectivity index (χ1n) is 8.08. The number of ether oxygens (including phenoxy) is 2. The van der Waals surface area contributed by atoms with Crippen molar-refractivity contribution in [2.75, 3.05) is 18.5 Å². The highest BCUT2D eigenvalue weighted by atomic mass is 19.3. The predicted molar refractivity (Wildman–Crippen MR) is 85.2 cm³/mol. The zero-order chi connectivity index (χ0) is 17.9. The molecule has 0 bridgehead atoms. The summed E-state index contributed by atoms with van der Waals surface area (Å²) in [5, 5.41) is 17.2. The molecular formula is C14H16F2N8O2. The van der Waals surface area contributed by atoms with Crippen LogP contribution < -0.4 is 10.1 Å². The summed E-state index contributed by atoms with van der Waals surface area (Å²) in [6.45, 7) is -0.743. The van der Waals surface area contributed by atoms with Crippen molar-refractivity contribution in [1.82, 2.24) is 35.2 Å². The van der Waals surface area contributed by atoms with Crippen LogP contribution in [0.5, 0.6) is 5.88 Å². The summed E-state index contributed by atoms with van der Waals surface area (Å²) in [5.41, 5.74) is 0.979. The van der Waals surface area contributed by atoms with Crippen LogP contribution in [0.15, 0.2) is 12.3 Å². The second kappa shape index (κ2) is 7.15. The Bertz CT molecular complexity index is 877. The molecule has 1 aliphatic rings. The molecule has 4 rings (SSSR count). The number of H-pyrrole nitrogens is 1. The highest BCUT2D eigenvalue weighted by Gasteiger charge is 2.18. The SMILES string of the molecule is FC(F)Oc1cc(Nc2cnc3nnn(CC4CCOCC4)c3n2)n[nH]1. The molecule has 26 heavy (non-hydrogen) atoms. The fourth-order valence-corrected chi connectivity index (χ4v) is 2.77. The maximum absolute atomic E-state index is 12.2. The standard InChI is InChI=1S/C14H16F2N8O2/c15-14(16)26-11-5-9(20-21-11)18-10-6-17-12-13(19-10)24(23-22-12)7-8-1-3-25-4-2-8/h5-6,8,14H,1-4,7H2,(H2,18,19,20,21). The molecule has 1 fully saturated rings. The van der Waals surface area contributed by atoms with E-state index in [2.05, 4.69) is 40.5 Å². The van der Waals surface area contributed by atoms with Gasteiger partial charge in [0.05, 0.1) is 6.20 Å². The summed E-state index contributed by atoms with van der Waals surface area (Å²) in [6, 6.07) is 1.30. The van der Waals surface area contributed by atoms with E-state index in [1.54, 1.807) is 4.68 Å². The van der Waals surface area contributed by atoms with Crippen LogP contribution in [0.3, 0.4) is 0 Å².